The minimum Gasteiger partial charge on any atom is -0.335 e. The number of likely N-dealkylation sites (N-methyl/N-ethyl adjacent to an activating group) is 1. The number of rotatable bonds is 5. The van der Waals surface area contributed by atoms with Gasteiger partial charge in [0.15, 0.2) is 5.82 Å². The molecule has 1 fully saturated rings. The van der Waals surface area contributed by atoms with E-state index in [1.54, 1.807) is 30.3 Å². The van der Waals surface area contributed by atoms with Gasteiger partial charge in [-0.05, 0) is 30.8 Å². The van der Waals surface area contributed by atoms with Crippen LogP contribution in [-0.4, -0.2) is 56.4 Å². The molecule has 2 aromatic rings. The van der Waals surface area contributed by atoms with Crippen LogP contribution in [0.3, 0.4) is 0 Å². The minimum absolute atomic E-state index is 0. The van der Waals surface area contributed by atoms with Gasteiger partial charge in [-0.2, -0.15) is 4.98 Å². The number of hydrogen-bond acceptors (Lipinski definition) is 7. The van der Waals surface area contributed by atoms with Crippen LogP contribution in [0.5, 0.6) is 0 Å². The maximum absolute atomic E-state index is 11.2. The Kier molecular flexibility index (Phi) is 6.76. The number of benzene rings is 1. The first-order valence-corrected chi connectivity index (χ1v) is 9.80. The predicted molar refractivity (Wildman–Crippen MR) is 104 cm³/mol. The minimum atomic E-state index is -3.27. The lowest BCUT2D eigenvalue weighted by Gasteiger charge is -2.30. The van der Waals surface area contributed by atoms with Crippen molar-refractivity contribution in [3.63, 3.8) is 0 Å². The van der Waals surface area contributed by atoms with E-state index < -0.39 is 10.0 Å². The first-order chi connectivity index (χ1) is 11.9. The Hall–Kier alpha value is -1.94. The van der Waals surface area contributed by atoms with Gasteiger partial charge in [0, 0.05) is 31.4 Å². The lowest BCUT2D eigenvalue weighted by molar-refractivity contribution is 0.190. The molecule has 1 aliphatic rings. The number of hydrogen-bond donors (Lipinski definition) is 2. The summed E-state index contributed by atoms with van der Waals surface area (Å²) in [5.74, 6) is 1.11. The summed E-state index contributed by atoms with van der Waals surface area (Å²) < 4.78 is 30.1. The maximum atomic E-state index is 11.2. The zero-order chi connectivity index (χ0) is 17.9. The van der Waals surface area contributed by atoms with Crippen molar-refractivity contribution < 1.29 is 12.9 Å². The summed E-state index contributed by atoms with van der Waals surface area (Å²) in [6, 6.07) is 7.12. The normalized spacial score (nSPS) is 18.6. The van der Waals surface area contributed by atoms with Crippen LogP contribution in [0, 0.1) is 0 Å². The molecule has 1 atom stereocenters. The van der Waals surface area contributed by atoms with Crippen LogP contribution >= 0.6 is 12.4 Å². The summed E-state index contributed by atoms with van der Waals surface area (Å²) >= 11 is 0. The average Bonchev–Trinajstić information content (AvgIpc) is 3.02. The van der Waals surface area contributed by atoms with E-state index >= 15 is 0 Å². The Bertz CT molecular complexity index is 851. The summed E-state index contributed by atoms with van der Waals surface area (Å²) in [6.45, 7) is 2.70. The molecular weight excluding hydrogens is 378 g/mol. The lowest BCUT2D eigenvalue weighted by atomic mass is 10.2. The quantitative estimate of drug-likeness (QED) is 0.787. The first kappa shape index (κ1) is 20.4. The fourth-order valence-electron chi connectivity index (χ4n) is 2.59. The van der Waals surface area contributed by atoms with Gasteiger partial charge in [0.2, 0.25) is 10.0 Å². The molecule has 10 heteroatoms. The zero-order valence-corrected chi connectivity index (χ0v) is 16.2. The van der Waals surface area contributed by atoms with Crippen molar-refractivity contribution in [3.8, 4) is 0 Å². The molecule has 0 amide bonds. The predicted octanol–water partition coefficient (Wildman–Crippen LogP) is 1.61. The highest BCUT2D eigenvalue weighted by Gasteiger charge is 2.24. The Balaban J connectivity index is 0.00000243. The van der Waals surface area contributed by atoms with E-state index in [1.165, 1.54) is 0 Å². The molecule has 2 heterocycles. The van der Waals surface area contributed by atoms with Crippen molar-refractivity contribution in [3.05, 3.63) is 41.5 Å². The molecule has 3 rings (SSSR count). The molecule has 0 bridgehead atoms. The molecule has 1 aromatic heterocycles. The molecule has 0 saturated carbocycles. The van der Waals surface area contributed by atoms with Crippen molar-refractivity contribution in [1.82, 2.24) is 20.4 Å². The third-order valence-corrected chi connectivity index (χ3v) is 4.51. The molecule has 142 valence electrons. The van der Waals surface area contributed by atoms with Gasteiger partial charge in [0.05, 0.1) is 12.3 Å². The van der Waals surface area contributed by atoms with E-state index in [9.17, 15) is 8.42 Å². The third-order valence-electron chi connectivity index (χ3n) is 3.90. The molecule has 1 aromatic carbocycles. The van der Waals surface area contributed by atoms with Crippen LogP contribution in [0.2, 0.25) is 0 Å². The lowest BCUT2D eigenvalue weighted by Crippen LogP contribution is -2.44. The van der Waals surface area contributed by atoms with Gasteiger partial charge >= 0.3 is 0 Å². The van der Waals surface area contributed by atoms with Crippen LogP contribution in [0.4, 0.5) is 5.69 Å². The molecule has 1 unspecified atom stereocenters. The second-order valence-electron chi connectivity index (χ2n) is 6.02. The standard InChI is InChI=1S/C16H21N5O3S.ClH/c1-21-10-9-17-11-14(21)16-18-15(24-19-16)8-5-12-3-6-13(7-4-12)20-25(2,22)23;/h3-8,14,17,20H,9-11H2,1-2H3;1H/b8-5+;. The Morgan fingerprint density at radius 3 is 2.69 bits per heavy atom. The number of halogens is 1. The van der Waals surface area contributed by atoms with E-state index in [0.29, 0.717) is 17.4 Å². The van der Waals surface area contributed by atoms with Gasteiger partial charge in [-0.3, -0.25) is 9.62 Å². The largest absolute Gasteiger partial charge is 0.335 e. The molecule has 26 heavy (non-hydrogen) atoms. The molecular formula is C16H22ClN5O3S. The van der Waals surface area contributed by atoms with Crippen molar-refractivity contribution in [1.29, 1.82) is 0 Å². The van der Waals surface area contributed by atoms with E-state index in [1.807, 2.05) is 13.1 Å². The number of sulfonamides is 1. The van der Waals surface area contributed by atoms with E-state index in [4.69, 9.17) is 4.52 Å². The van der Waals surface area contributed by atoms with Crippen LogP contribution in [-0.2, 0) is 10.0 Å². The second-order valence-corrected chi connectivity index (χ2v) is 7.77. The number of piperazine rings is 1. The van der Waals surface area contributed by atoms with Gasteiger partial charge in [0.1, 0.15) is 0 Å². The summed E-state index contributed by atoms with van der Waals surface area (Å²) in [5, 5.41) is 7.38. The van der Waals surface area contributed by atoms with Gasteiger partial charge in [0.25, 0.3) is 5.89 Å². The first-order valence-electron chi connectivity index (χ1n) is 7.91. The molecule has 2 N–H and O–H groups in total. The maximum Gasteiger partial charge on any atom is 0.250 e. The number of nitrogens with one attached hydrogen (secondary N) is 2. The van der Waals surface area contributed by atoms with Gasteiger partial charge in [-0.1, -0.05) is 17.3 Å². The van der Waals surface area contributed by atoms with Crippen LogP contribution in [0.15, 0.2) is 28.8 Å². The zero-order valence-electron chi connectivity index (χ0n) is 14.5. The van der Waals surface area contributed by atoms with Crippen molar-refractivity contribution in [2.45, 2.75) is 6.04 Å². The number of anilines is 1. The monoisotopic (exact) mass is 399 g/mol. The van der Waals surface area contributed by atoms with Crippen molar-refractivity contribution in [2.75, 3.05) is 37.7 Å². The van der Waals surface area contributed by atoms with Crippen molar-refractivity contribution in [2.24, 2.45) is 0 Å². The average molecular weight is 400 g/mol. The van der Waals surface area contributed by atoms with Crippen LogP contribution in [0.25, 0.3) is 12.2 Å². The van der Waals surface area contributed by atoms with Gasteiger partial charge in [-0.25, -0.2) is 8.42 Å². The molecule has 8 nitrogen and oxygen atoms in total. The summed E-state index contributed by atoms with van der Waals surface area (Å²) in [6.07, 6.45) is 4.70. The van der Waals surface area contributed by atoms with Crippen LogP contribution in [0.1, 0.15) is 23.3 Å². The summed E-state index contributed by atoms with van der Waals surface area (Å²) in [7, 11) is -1.22. The summed E-state index contributed by atoms with van der Waals surface area (Å²) in [5.41, 5.74) is 1.42. The SMILES string of the molecule is CN1CCNCC1c1noc(/C=C/c2ccc(NS(C)(=O)=O)cc2)n1.Cl. The van der Waals surface area contributed by atoms with Crippen molar-refractivity contribution >= 4 is 40.3 Å². The molecule has 0 radical (unpaired) electrons. The van der Waals surface area contributed by atoms with E-state index in [0.717, 1.165) is 31.5 Å². The topological polar surface area (TPSA) is 100 Å². The van der Waals surface area contributed by atoms with E-state index in [-0.39, 0.29) is 18.4 Å². The Labute approximate surface area is 159 Å². The van der Waals surface area contributed by atoms with Gasteiger partial charge in [-0.15, -0.1) is 12.4 Å². The summed E-state index contributed by atoms with van der Waals surface area (Å²) in [4.78, 5) is 6.62. The Morgan fingerprint density at radius 1 is 1.31 bits per heavy atom. The highest BCUT2D eigenvalue weighted by Crippen LogP contribution is 2.18. The molecule has 0 aliphatic carbocycles. The van der Waals surface area contributed by atoms with Gasteiger partial charge < -0.3 is 9.84 Å². The highest BCUT2D eigenvalue weighted by atomic mass is 35.5. The number of nitrogens with zero attached hydrogens (tertiary/aromatic N) is 3. The smallest absolute Gasteiger partial charge is 0.250 e. The molecule has 1 saturated heterocycles. The third kappa shape index (κ3) is 5.53. The molecule has 1 aliphatic heterocycles. The second kappa shape index (κ2) is 8.63. The molecule has 0 spiro atoms. The fourth-order valence-corrected chi connectivity index (χ4v) is 3.15. The highest BCUT2D eigenvalue weighted by molar-refractivity contribution is 7.92. The number of aromatic nitrogens is 2. The van der Waals surface area contributed by atoms with E-state index in [2.05, 4.69) is 25.1 Å². The van der Waals surface area contributed by atoms with Crippen LogP contribution < -0.4 is 10.0 Å². The Morgan fingerprint density at radius 2 is 2.04 bits per heavy atom. The fraction of sp³-hybridized carbons (Fsp3) is 0.375.